The molecule has 0 spiro atoms. The minimum absolute atomic E-state index is 0.0233. The number of carbonyl (C=O) groups is 1. The van der Waals surface area contributed by atoms with Crippen LogP contribution in [0.15, 0.2) is 0 Å². The second-order valence-corrected chi connectivity index (χ2v) is 6.24. The highest BCUT2D eigenvalue weighted by Crippen LogP contribution is 2.18. The Balaban J connectivity index is 0. The second kappa shape index (κ2) is 15.8. The normalized spacial score (nSPS) is 12.5. The minimum Gasteiger partial charge on any atom is -0.381 e. The molecule has 1 atom stereocenters. The summed E-state index contributed by atoms with van der Waals surface area (Å²) in [6, 6.07) is 0. The van der Waals surface area contributed by atoms with E-state index in [0.717, 1.165) is 26.0 Å². The molecule has 0 aromatic rings. The predicted molar refractivity (Wildman–Crippen MR) is 98.1 cm³/mol. The Morgan fingerprint density at radius 3 is 2.25 bits per heavy atom. The lowest BCUT2D eigenvalue weighted by Crippen LogP contribution is -2.45. The molecule has 0 radical (unpaired) electrons. The molecule has 0 aliphatic heterocycles. The zero-order chi connectivity index (χ0) is 19.0. The number of amides is 1. The average molecular weight is 351 g/mol. The van der Waals surface area contributed by atoms with E-state index in [4.69, 9.17) is 9.47 Å². The molecule has 5 nitrogen and oxygen atoms in total. The average Bonchev–Trinajstić information content (AvgIpc) is 2.56. The Morgan fingerprint density at radius 1 is 1.12 bits per heavy atom. The van der Waals surface area contributed by atoms with Gasteiger partial charge in [0.05, 0.1) is 12.1 Å². The number of ether oxygens (including phenoxy) is 2. The molecule has 146 valence electrons. The standard InChI is InChI=1S/C16H33FN2O3.C2H6/c1-13(2)15(20)19-12-14(17)16(3,4)22-11-7-10-21-9-6-8-18-5;1-2/h13-14,18H,6-12H2,1-5H3,(H,19,20);1-2H3. The lowest BCUT2D eigenvalue weighted by atomic mass is 10.0. The molecule has 6 heteroatoms. The van der Waals surface area contributed by atoms with Crippen LogP contribution in [0.1, 0.15) is 54.4 Å². The van der Waals surface area contributed by atoms with Crippen molar-refractivity contribution in [3.8, 4) is 0 Å². The third kappa shape index (κ3) is 13.7. The molecule has 0 saturated carbocycles. The van der Waals surface area contributed by atoms with E-state index in [1.165, 1.54) is 0 Å². The first-order chi connectivity index (χ1) is 11.3. The summed E-state index contributed by atoms with van der Waals surface area (Å²) >= 11 is 0. The SMILES string of the molecule is CC.CNCCCOCCCOC(C)(C)C(F)CNC(=O)C(C)C. The summed E-state index contributed by atoms with van der Waals surface area (Å²) in [4.78, 5) is 11.4. The Bertz CT molecular complexity index is 300. The van der Waals surface area contributed by atoms with Crippen molar-refractivity contribution in [1.29, 1.82) is 0 Å². The van der Waals surface area contributed by atoms with Gasteiger partial charge in [-0.1, -0.05) is 27.7 Å². The van der Waals surface area contributed by atoms with Gasteiger partial charge in [-0.3, -0.25) is 4.79 Å². The molecular formula is C18H39FN2O3. The second-order valence-electron chi connectivity index (χ2n) is 6.24. The zero-order valence-electron chi connectivity index (χ0n) is 16.7. The van der Waals surface area contributed by atoms with Crippen molar-refractivity contribution in [1.82, 2.24) is 10.6 Å². The lowest BCUT2D eigenvalue weighted by Gasteiger charge is -2.29. The molecule has 24 heavy (non-hydrogen) atoms. The van der Waals surface area contributed by atoms with Crippen LogP contribution in [0.25, 0.3) is 0 Å². The van der Waals surface area contributed by atoms with Gasteiger partial charge in [0.25, 0.3) is 0 Å². The number of carbonyl (C=O) groups excluding carboxylic acids is 1. The summed E-state index contributed by atoms with van der Waals surface area (Å²) in [5.41, 5.74) is -0.920. The van der Waals surface area contributed by atoms with Crippen molar-refractivity contribution in [3.63, 3.8) is 0 Å². The molecule has 0 fully saturated rings. The number of rotatable bonds is 13. The van der Waals surface area contributed by atoms with Crippen LogP contribution in [0.5, 0.6) is 0 Å². The third-order valence-electron chi connectivity index (χ3n) is 3.36. The summed E-state index contributed by atoms with van der Waals surface area (Å²) in [7, 11) is 1.91. The fourth-order valence-electron chi connectivity index (χ4n) is 1.68. The van der Waals surface area contributed by atoms with E-state index in [-0.39, 0.29) is 18.4 Å². The summed E-state index contributed by atoms with van der Waals surface area (Å²) in [6.07, 6.45) is 0.464. The number of alkyl halides is 1. The molecule has 0 saturated heterocycles. The Morgan fingerprint density at radius 2 is 1.71 bits per heavy atom. The molecule has 0 aromatic carbocycles. The summed E-state index contributed by atoms with van der Waals surface area (Å²) in [5, 5.41) is 5.65. The van der Waals surface area contributed by atoms with Crippen molar-refractivity contribution in [2.24, 2.45) is 5.92 Å². The van der Waals surface area contributed by atoms with Crippen LogP contribution in [0, 0.1) is 5.92 Å². The quantitative estimate of drug-likeness (QED) is 0.502. The van der Waals surface area contributed by atoms with Gasteiger partial charge >= 0.3 is 0 Å². The maximum Gasteiger partial charge on any atom is 0.222 e. The van der Waals surface area contributed by atoms with Gasteiger partial charge in [-0.25, -0.2) is 4.39 Å². The number of halogens is 1. The first-order valence-corrected chi connectivity index (χ1v) is 9.09. The van der Waals surface area contributed by atoms with Crippen LogP contribution < -0.4 is 10.6 Å². The van der Waals surface area contributed by atoms with Crippen LogP contribution in [-0.4, -0.2) is 57.6 Å². The molecule has 0 rings (SSSR count). The first-order valence-electron chi connectivity index (χ1n) is 9.09. The van der Waals surface area contributed by atoms with Gasteiger partial charge in [0, 0.05) is 25.7 Å². The van der Waals surface area contributed by atoms with E-state index >= 15 is 0 Å². The van der Waals surface area contributed by atoms with E-state index in [2.05, 4.69) is 10.6 Å². The van der Waals surface area contributed by atoms with Gasteiger partial charge < -0.3 is 20.1 Å². The molecule has 2 N–H and O–H groups in total. The van der Waals surface area contributed by atoms with Crippen molar-refractivity contribution in [3.05, 3.63) is 0 Å². The molecule has 0 aliphatic carbocycles. The van der Waals surface area contributed by atoms with E-state index in [1.807, 2.05) is 20.9 Å². The number of hydrogen-bond donors (Lipinski definition) is 2. The third-order valence-corrected chi connectivity index (χ3v) is 3.36. The molecule has 0 aromatic heterocycles. The highest BCUT2D eigenvalue weighted by Gasteiger charge is 2.30. The fourth-order valence-corrected chi connectivity index (χ4v) is 1.68. The van der Waals surface area contributed by atoms with Gasteiger partial charge in [0.2, 0.25) is 5.91 Å². The maximum absolute atomic E-state index is 14.1. The lowest BCUT2D eigenvalue weighted by molar-refractivity contribution is -0.125. The van der Waals surface area contributed by atoms with Gasteiger partial charge in [-0.05, 0) is 40.3 Å². The van der Waals surface area contributed by atoms with Crippen LogP contribution in [0.3, 0.4) is 0 Å². The van der Waals surface area contributed by atoms with Gasteiger partial charge in [-0.15, -0.1) is 0 Å². The monoisotopic (exact) mass is 350 g/mol. The van der Waals surface area contributed by atoms with Gasteiger partial charge in [-0.2, -0.15) is 0 Å². The summed E-state index contributed by atoms with van der Waals surface area (Å²) in [5.74, 6) is -0.287. The Labute approximate surface area is 148 Å². The Kier molecular flexibility index (Phi) is 16.8. The Hall–Kier alpha value is -0.720. The highest BCUT2D eigenvalue weighted by molar-refractivity contribution is 5.77. The van der Waals surface area contributed by atoms with Crippen molar-refractivity contribution in [2.75, 3.05) is 40.0 Å². The number of nitrogens with one attached hydrogen (secondary N) is 2. The maximum atomic E-state index is 14.1. The number of hydrogen-bond acceptors (Lipinski definition) is 4. The smallest absolute Gasteiger partial charge is 0.222 e. The molecule has 0 heterocycles. The van der Waals surface area contributed by atoms with Crippen molar-refractivity contribution < 1.29 is 18.7 Å². The largest absolute Gasteiger partial charge is 0.381 e. The van der Waals surface area contributed by atoms with E-state index in [1.54, 1.807) is 27.7 Å². The van der Waals surface area contributed by atoms with E-state index < -0.39 is 11.8 Å². The molecular weight excluding hydrogens is 311 g/mol. The molecule has 0 bridgehead atoms. The predicted octanol–water partition coefficient (Wildman–Crippen LogP) is 2.93. The summed E-state index contributed by atoms with van der Waals surface area (Å²) < 4.78 is 25.2. The first kappa shape index (κ1) is 25.5. The van der Waals surface area contributed by atoms with Gasteiger partial charge in [0.15, 0.2) is 0 Å². The molecule has 1 amide bonds. The zero-order valence-corrected chi connectivity index (χ0v) is 16.7. The minimum atomic E-state index is -1.24. The van der Waals surface area contributed by atoms with Crippen LogP contribution in [-0.2, 0) is 14.3 Å². The summed E-state index contributed by atoms with van der Waals surface area (Å²) in [6.45, 7) is 13.6. The van der Waals surface area contributed by atoms with Crippen molar-refractivity contribution >= 4 is 5.91 Å². The fraction of sp³-hybridized carbons (Fsp3) is 0.944. The van der Waals surface area contributed by atoms with Crippen LogP contribution >= 0.6 is 0 Å². The topological polar surface area (TPSA) is 59.6 Å². The van der Waals surface area contributed by atoms with Gasteiger partial charge in [0.1, 0.15) is 6.17 Å². The van der Waals surface area contributed by atoms with E-state index in [0.29, 0.717) is 13.2 Å². The highest BCUT2D eigenvalue weighted by atomic mass is 19.1. The van der Waals surface area contributed by atoms with Crippen LogP contribution in [0.2, 0.25) is 0 Å². The molecule has 1 unspecified atom stereocenters. The van der Waals surface area contributed by atoms with Crippen molar-refractivity contribution in [2.45, 2.75) is 66.2 Å². The van der Waals surface area contributed by atoms with E-state index in [9.17, 15) is 9.18 Å². The molecule has 0 aliphatic rings. The van der Waals surface area contributed by atoms with Crippen LogP contribution in [0.4, 0.5) is 4.39 Å².